The smallest absolute Gasteiger partial charge is 0.330 e. The Bertz CT molecular complexity index is 643. The molecule has 1 aromatic carbocycles. The van der Waals surface area contributed by atoms with E-state index in [4.69, 9.17) is 4.74 Å². The number of amides is 1. The highest BCUT2D eigenvalue weighted by Gasteiger charge is 2.66. The molecule has 0 radical (unpaired) electrons. The Morgan fingerprint density at radius 3 is 2.61 bits per heavy atom. The van der Waals surface area contributed by atoms with Gasteiger partial charge >= 0.3 is 5.97 Å². The van der Waals surface area contributed by atoms with Crippen LogP contribution in [-0.2, 0) is 9.53 Å². The zero-order chi connectivity index (χ0) is 17.4. The van der Waals surface area contributed by atoms with E-state index in [1.807, 2.05) is 6.92 Å². The molecule has 126 valence electrons. The maximum absolute atomic E-state index is 13.9. The summed E-state index contributed by atoms with van der Waals surface area (Å²) in [4.78, 5) is 24.3. The van der Waals surface area contributed by atoms with E-state index in [0.717, 1.165) is 5.56 Å². The number of ether oxygens (including phenoxy) is 1. The van der Waals surface area contributed by atoms with Crippen molar-refractivity contribution in [1.82, 2.24) is 5.32 Å². The first-order chi connectivity index (χ1) is 10.7. The number of aryl methyl sites for hydroxylation is 1. The number of carboxylic acid groups (broad SMARTS) is 1. The number of carbonyl (C=O) groups is 2. The highest BCUT2D eigenvalue weighted by Crippen LogP contribution is 2.51. The Balaban J connectivity index is 2.30. The minimum atomic E-state index is -1.47. The molecule has 2 rings (SSSR count). The van der Waals surface area contributed by atoms with Gasteiger partial charge in [-0.3, -0.25) is 4.79 Å². The summed E-state index contributed by atoms with van der Waals surface area (Å²) in [5.74, 6) is -2.54. The fraction of sp³-hybridized carbons (Fsp3) is 0.529. The van der Waals surface area contributed by atoms with Crippen LogP contribution in [0.5, 0.6) is 0 Å². The molecule has 2 unspecified atom stereocenters. The van der Waals surface area contributed by atoms with Crippen molar-refractivity contribution in [1.29, 1.82) is 0 Å². The van der Waals surface area contributed by atoms with E-state index in [0.29, 0.717) is 6.61 Å². The van der Waals surface area contributed by atoms with Crippen LogP contribution < -0.4 is 5.32 Å². The van der Waals surface area contributed by atoms with Gasteiger partial charge in [0, 0.05) is 18.4 Å². The van der Waals surface area contributed by atoms with Crippen molar-refractivity contribution in [3.05, 3.63) is 35.1 Å². The van der Waals surface area contributed by atoms with Crippen LogP contribution >= 0.6 is 0 Å². The topological polar surface area (TPSA) is 75.6 Å². The van der Waals surface area contributed by atoms with Gasteiger partial charge in [-0.25, -0.2) is 9.18 Å². The number of aliphatic carboxylic acids is 1. The average molecular weight is 323 g/mol. The fourth-order valence-corrected chi connectivity index (χ4v) is 3.11. The van der Waals surface area contributed by atoms with Crippen molar-refractivity contribution in [3.63, 3.8) is 0 Å². The second-order valence-electron chi connectivity index (χ2n) is 6.52. The molecule has 1 fully saturated rings. The number of nitrogens with one attached hydrogen (secondary N) is 1. The second-order valence-corrected chi connectivity index (χ2v) is 6.52. The van der Waals surface area contributed by atoms with Crippen molar-refractivity contribution in [2.75, 3.05) is 6.61 Å². The second kappa shape index (κ2) is 5.92. The summed E-state index contributed by atoms with van der Waals surface area (Å²) < 4.78 is 19.4. The van der Waals surface area contributed by atoms with Gasteiger partial charge in [-0.15, -0.1) is 0 Å². The molecule has 23 heavy (non-hydrogen) atoms. The Kier molecular flexibility index (Phi) is 4.48. The molecule has 1 saturated carbocycles. The minimum absolute atomic E-state index is 0.152. The third-order valence-electron chi connectivity index (χ3n) is 4.82. The summed E-state index contributed by atoms with van der Waals surface area (Å²) in [5.41, 5.74) is -1.70. The Hall–Kier alpha value is -1.95. The maximum atomic E-state index is 13.9. The van der Waals surface area contributed by atoms with Crippen LogP contribution in [0, 0.1) is 18.2 Å². The molecule has 6 heteroatoms. The molecule has 0 spiro atoms. The lowest BCUT2D eigenvalue weighted by atomic mass is 9.54. The molecular formula is C17H22FNO4. The van der Waals surface area contributed by atoms with Crippen LogP contribution in [-0.4, -0.2) is 35.2 Å². The summed E-state index contributed by atoms with van der Waals surface area (Å²) in [5, 5.41) is 12.2. The molecule has 0 bridgehead atoms. The SMILES string of the molecule is CCOC1CC(NC(=O)c2cc(C)ccc2F)(C(=O)O)C1(C)C. The van der Waals surface area contributed by atoms with Crippen LogP contribution in [0.1, 0.15) is 43.1 Å². The number of rotatable bonds is 5. The van der Waals surface area contributed by atoms with E-state index in [2.05, 4.69) is 5.32 Å². The van der Waals surface area contributed by atoms with Crippen LogP contribution in [0.25, 0.3) is 0 Å². The van der Waals surface area contributed by atoms with Gasteiger partial charge in [0.15, 0.2) is 0 Å². The number of benzene rings is 1. The van der Waals surface area contributed by atoms with Gasteiger partial charge in [-0.2, -0.15) is 0 Å². The first kappa shape index (κ1) is 17.4. The largest absolute Gasteiger partial charge is 0.479 e. The molecule has 2 atom stereocenters. The number of hydrogen-bond donors (Lipinski definition) is 2. The lowest BCUT2D eigenvalue weighted by molar-refractivity contribution is -0.190. The standard InChI is InChI=1S/C17H22FNO4/c1-5-23-13-9-17(15(21)22,16(13,3)4)19-14(20)11-8-10(2)6-7-12(11)18/h6-8,13H,5,9H2,1-4H3,(H,19,20)(H,21,22). The van der Waals surface area contributed by atoms with E-state index in [1.165, 1.54) is 12.1 Å². The van der Waals surface area contributed by atoms with Gasteiger partial charge in [-0.1, -0.05) is 25.5 Å². The molecule has 1 amide bonds. The van der Waals surface area contributed by atoms with E-state index in [9.17, 15) is 19.1 Å². The lowest BCUT2D eigenvalue weighted by Gasteiger charge is -2.58. The fourth-order valence-electron chi connectivity index (χ4n) is 3.11. The Morgan fingerprint density at radius 2 is 2.09 bits per heavy atom. The first-order valence-corrected chi connectivity index (χ1v) is 7.59. The Morgan fingerprint density at radius 1 is 1.43 bits per heavy atom. The third kappa shape index (κ3) is 2.72. The summed E-state index contributed by atoms with van der Waals surface area (Å²) in [6, 6.07) is 4.16. The summed E-state index contributed by atoms with van der Waals surface area (Å²) in [6.45, 7) is 7.50. The molecule has 0 aliphatic heterocycles. The van der Waals surface area contributed by atoms with Crippen LogP contribution in [0.2, 0.25) is 0 Å². The molecule has 1 aromatic rings. The van der Waals surface area contributed by atoms with Gasteiger partial charge in [0.25, 0.3) is 5.91 Å². The zero-order valence-electron chi connectivity index (χ0n) is 13.8. The van der Waals surface area contributed by atoms with E-state index >= 15 is 0 Å². The molecule has 1 aliphatic carbocycles. The maximum Gasteiger partial charge on any atom is 0.330 e. The van der Waals surface area contributed by atoms with Crippen LogP contribution in [0.15, 0.2) is 18.2 Å². The minimum Gasteiger partial charge on any atom is -0.479 e. The molecule has 2 N–H and O–H groups in total. The summed E-state index contributed by atoms with van der Waals surface area (Å²) in [7, 11) is 0. The quantitative estimate of drug-likeness (QED) is 0.873. The summed E-state index contributed by atoms with van der Waals surface area (Å²) >= 11 is 0. The molecule has 0 saturated heterocycles. The normalized spacial score (nSPS) is 25.5. The van der Waals surface area contributed by atoms with Gasteiger partial charge in [0.05, 0.1) is 11.7 Å². The van der Waals surface area contributed by atoms with Gasteiger partial charge in [0.1, 0.15) is 11.4 Å². The van der Waals surface area contributed by atoms with Crippen molar-refractivity contribution in [2.45, 2.75) is 45.8 Å². The predicted octanol–water partition coefficient (Wildman–Crippen LogP) is 2.52. The number of halogens is 1. The first-order valence-electron chi connectivity index (χ1n) is 7.59. The van der Waals surface area contributed by atoms with Gasteiger partial charge < -0.3 is 15.2 Å². The molecule has 5 nitrogen and oxygen atoms in total. The third-order valence-corrected chi connectivity index (χ3v) is 4.82. The Labute approximate surface area is 134 Å². The molecule has 0 heterocycles. The predicted molar refractivity (Wildman–Crippen MR) is 82.8 cm³/mol. The van der Waals surface area contributed by atoms with E-state index < -0.39 is 28.6 Å². The molecule has 0 aromatic heterocycles. The summed E-state index contributed by atoms with van der Waals surface area (Å²) in [6.07, 6.45) is -0.117. The van der Waals surface area contributed by atoms with Gasteiger partial charge in [0.2, 0.25) is 0 Å². The zero-order valence-corrected chi connectivity index (χ0v) is 13.8. The van der Waals surface area contributed by atoms with Gasteiger partial charge in [-0.05, 0) is 26.0 Å². The van der Waals surface area contributed by atoms with Crippen molar-refractivity contribution in [3.8, 4) is 0 Å². The monoisotopic (exact) mass is 323 g/mol. The lowest BCUT2D eigenvalue weighted by Crippen LogP contribution is -2.76. The van der Waals surface area contributed by atoms with Crippen molar-refractivity contribution in [2.24, 2.45) is 5.41 Å². The molecule has 1 aliphatic rings. The van der Waals surface area contributed by atoms with E-state index in [-0.39, 0.29) is 18.1 Å². The highest BCUT2D eigenvalue weighted by atomic mass is 19.1. The van der Waals surface area contributed by atoms with Crippen molar-refractivity contribution < 1.29 is 23.8 Å². The number of carboxylic acids is 1. The number of carbonyl (C=O) groups excluding carboxylic acids is 1. The van der Waals surface area contributed by atoms with Crippen LogP contribution in [0.3, 0.4) is 0 Å². The highest BCUT2D eigenvalue weighted by molar-refractivity contribution is 5.99. The number of hydrogen-bond acceptors (Lipinski definition) is 3. The average Bonchev–Trinajstić information content (AvgIpc) is 2.47. The van der Waals surface area contributed by atoms with E-state index in [1.54, 1.807) is 26.8 Å². The molecular weight excluding hydrogens is 301 g/mol. The van der Waals surface area contributed by atoms with Crippen LogP contribution in [0.4, 0.5) is 4.39 Å². The van der Waals surface area contributed by atoms with Crippen molar-refractivity contribution >= 4 is 11.9 Å².